The Bertz CT molecular complexity index is 571. The van der Waals surface area contributed by atoms with Crippen LogP contribution in [0.3, 0.4) is 0 Å². The topological polar surface area (TPSA) is 41.3 Å². The maximum absolute atomic E-state index is 5.27. The third-order valence-corrected chi connectivity index (χ3v) is 3.84. The minimum Gasteiger partial charge on any atom is -0.381 e. The number of anilines is 2. The number of hydrogen-bond donors (Lipinski definition) is 1. The van der Waals surface area contributed by atoms with Crippen molar-refractivity contribution in [3.05, 3.63) is 41.3 Å². The molecule has 1 aliphatic rings. The van der Waals surface area contributed by atoms with Crippen LogP contribution in [0, 0.1) is 13.8 Å². The van der Waals surface area contributed by atoms with Gasteiger partial charge in [-0.15, -0.1) is 0 Å². The molecule has 1 unspecified atom stereocenters. The Labute approximate surface area is 113 Å². The van der Waals surface area contributed by atoms with E-state index in [1.807, 2.05) is 13.8 Å². The summed E-state index contributed by atoms with van der Waals surface area (Å²) in [6.07, 6.45) is 0. The largest absolute Gasteiger partial charge is 0.381 e. The molecule has 0 aliphatic carbocycles. The molecule has 0 fully saturated rings. The van der Waals surface area contributed by atoms with Crippen LogP contribution >= 0.6 is 0 Å². The fourth-order valence-corrected chi connectivity index (χ4v) is 2.62. The van der Waals surface area contributed by atoms with E-state index in [0.29, 0.717) is 6.04 Å². The van der Waals surface area contributed by atoms with Gasteiger partial charge in [-0.05, 0) is 32.9 Å². The van der Waals surface area contributed by atoms with Crippen molar-refractivity contribution in [3.63, 3.8) is 0 Å². The molecule has 0 radical (unpaired) electrons. The first-order valence-corrected chi connectivity index (χ1v) is 6.68. The van der Waals surface area contributed by atoms with Gasteiger partial charge < -0.3 is 14.7 Å². The molecule has 1 aliphatic heterocycles. The van der Waals surface area contributed by atoms with Crippen molar-refractivity contribution in [2.45, 2.75) is 33.4 Å². The van der Waals surface area contributed by atoms with Crippen LogP contribution < -0.4 is 10.2 Å². The molecular weight excluding hydrogens is 238 g/mol. The molecule has 0 saturated heterocycles. The lowest BCUT2D eigenvalue weighted by Gasteiger charge is -2.37. The fourth-order valence-electron chi connectivity index (χ4n) is 2.62. The van der Waals surface area contributed by atoms with Crippen LogP contribution in [0.15, 0.2) is 28.8 Å². The predicted molar refractivity (Wildman–Crippen MR) is 76.6 cm³/mol. The summed E-state index contributed by atoms with van der Waals surface area (Å²) < 4.78 is 5.27. The molecule has 0 spiro atoms. The van der Waals surface area contributed by atoms with Crippen LogP contribution in [-0.4, -0.2) is 17.7 Å². The van der Waals surface area contributed by atoms with Gasteiger partial charge in [-0.25, -0.2) is 0 Å². The molecule has 0 bridgehead atoms. The molecule has 2 heterocycles. The molecular formula is C15H19N3O. The second-order valence-electron chi connectivity index (χ2n) is 5.18. The Kier molecular flexibility index (Phi) is 2.93. The van der Waals surface area contributed by atoms with Gasteiger partial charge in [0.1, 0.15) is 5.76 Å². The average molecular weight is 257 g/mol. The van der Waals surface area contributed by atoms with E-state index in [1.54, 1.807) is 0 Å². The lowest BCUT2D eigenvalue weighted by atomic mass is 10.1. The lowest BCUT2D eigenvalue weighted by molar-refractivity contribution is 0.392. The van der Waals surface area contributed by atoms with Gasteiger partial charge in [0, 0.05) is 24.7 Å². The fraction of sp³-hybridized carbons (Fsp3) is 0.400. The van der Waals surface area contributed by atoms with E-state index in [-0.39, 0.29) is 0 Å². The number of fused-ring (bicyclic) bond motifs is 1. The quantitative estimate of drug-likeness (QED) is 0.897. The zero-order valence-electron chi connectivity index (χ0n) is 11.6. The standard InChI is InChI=1S/C15H19N3O/c1-10-8-16-14-6-4-5-7-15(14)18(10)9-13-11(2)17-19-12(13)3/h4-7,10,16H,8-9H2,1-3H3. The maximum Gasteiger partial charge on any atom is 0.138 e. The first-order valence-electron chi connectivity index (χ1n) is 6.68. The van der Waals surface area contributed by atoms with Gasteiger partial charge in [-0.3, -0.25) is 0 Å². The Morgan fingerprint density at radius 1 is 1.37 bits per heavy atom. The van der Waals surface area contributed by atoms with Gasteiger partial charge in [0.2, 0.25) is 0 Å². The summed E-state index contributed by atoms with van der Waals surface area (Å²) in [6, 6.07) is 8.88. The molecule has 0 amide bonds. The SMILES string of the molecule is Cc1noc(C)c1CN1c2ccccc2NCC1C. The summed E-state index contributed by atoms with van der Waals surface area (Å²) in [5.74, 6) is 0.917. The van der Waals surface area contributed by atoms with E-state index in [4.69, 9.17) is 4.52 Å². The van der Waals surface area contributed by atoms with Crippen molar-refractivity contribution in [2.24, 2.45) is 0 Å². The lowest BCUT2D eigenvalue weighted by Crippen LogP contribution is -2.41. The van der Waals surface area contributed by atoms with Crippen molar-refractivity contribution in [1.29, 1.82) is 0 Å². The number of aryl methyl sites for hydroxylation is 2. The van der Waals surface area contributed by atoms with Crippen LogP contribution in [0.5, 0.6) is 0 Å². The normalized spacial score (nSPS) is 18.1. The van der Waals surface area contributed by atoms with Crippen LogP contribution in [0.25, 0.3) is 0 Å². The summed E-state index contributed by atoms with van der Waals surface area (Å²) in [7, 11) is 0. The summed E-state index contributed by atoms with van der Waals surface area (Å²) in [5, 5.41) is 7.52. The van der Waals surface area contributed by atoms with Gasteiger partial charge in [0.15, 0.2) is 0 Å². The van der Waals surface area contributed by atoms with Crippen LogP contribution in [-0.2, 0) is 6.54 Å². The van der Waals surface area contributed by atoms with Gasteiger partial charge >= 0.3 is 0 Å². The predicted octanol–water partition coefficient (Wildman–Crippen LogP) is 3.11. The number of nitrogens with one attached hydrogen (secondary N) is 1. The minimum atomic E-state index is 0.448. The highest BCUT2D eigenvalue weighted by Gasteiger charge is 2.24. The van der Waals surface area contributed by atoms with E-state index in [1.165, 1.54) is 16.9 Å². The summed E-state index contributed by atoms with van der Waals surface area (Å²) in [5.41, 5.74) is 4.64. The number of hydrogen-bond acceptors (Lipinski definition) is 4. The van der Waals surface area contributed by atoms with Crippen molar-refractivity contribution in [2.75, 3.05) is 16.8 Å². The van der Waals surface area contributed by atoms with E-state index >= 15 is 0 Å². The smallest absolute Gasteiger partial charge is 0.138 e. The van der Waals surface area contributed by atoms with Crippen molar-refractivity contribution >= 4 is 11.4 Å². The number of rotatable bonds is 2. The third kappa shape index (κ3) is 2.07. The number of benzene rings is 1. The Morgan fingerprint density at radius 3 is 2.89 bits per heavy atom. The molecule has 0 saturated carbocycles. The number of aromatic nitrogens is 1. The maximum atomic E-state index is 5.27. The first kappa shape index (κ1) is 12.1. The Hall–Kier alpha value is -1.97. The average Bonchev–Trinajstić information content (AvgIpc) is 2.73. The summed E-state index contributed by atoms with van der Waals surface area (Å²) in [6.45, 7) is 8.03. The summed E-state index contributed by atoms with van der Waals surface area (Å²) in [4.78, 5) is 2.42. The highest BCUT2D eigenvalue weighted by Crippen LogP contribution is 2.33. The third-order valence-electron chi connectivity index (χ3n) is 3.84. The molecule has 1 atom stereocenters. The molecule has 1 aromatic carbocycles. The molecule has 1 aromatic heterocycles. The van der Waals surface area contributed by atoms with Gasteiger partial charge in [0.25, 0.3) is 0 Å². The zero-order chi connectivity index (χ0) is 13.4. The highest BCUT2D eigenvalue weighted by atomic mass is 16.5. The van der Waals surface area contributed by atoms with E-state index in [9.17, 15) is 0 Å². The van der Waals surface area contributed by atoms with E-state index in [0.717, 1.165) is 24.5 Å². The van der Waals surface area contributed by atoms with Crippen LogP contribution in [0.4, 0.5) is 11.4 Å². The van der Waals surface area contributed by atoms with Crippen molar-refractivity contribution in [1.82, 2.24) is 5.16 Å². The molecule has 3 rings (SSSR count). The van der Waals surface area contributed by atoms with E-state index in [2.05, 4.69) is 46.6 Å². The van der Waals surface area contributed by atoms with Gasteiger partial charge in [-0.1, -0.05) is 17.3 Å². The van der Waals surface area contributed by atoms with E-state index < -0.39 is 0 Å². The monoisotopic (exact) mass is 257 g/mol. The Morgan fingerprint density at radius 2 is 2.16 bits per heavy atom. The Balaban J connectivity index is 1.96. The highest BCUT2D eigenvalue weighted by molar-refractivity contribution is 5.72. The minimum absolute atomic E-state index is 0.448. The second-order valence-corrected chi connectivity index (χ2v) is 5.18. The number of para-hydroxylation sites is 2. The van der Waals surface area contributed by atoms with Crippen molar-refractivity contribution < 1.29 is 4.52 Å². The molecule has 4 nitrogen and oxygen atoms in total. The zero-order valence-corrected chi connectivity index (χ0v) is 11.6. The van der Waals surface area contributed by atoms with Crippen LogP contribution in [0.2, 0.25) is 0 Å². The molecule has 19 heavy (non-hydrogen) atoms. The van der Waals surface area contributed by atoms with Crippen LogP contribution in [0.1, 0.15) is 23.9 Å². The van der Waals surface area contributed by atoms with Crippen molar-refractivity contribution in [3.8, 4) is 0 Å². The van der Waals surface area contributed by atoms with Gasteiger partial charge in [0.05, 0.1) is 17.1 Å². The number of nitrogens with zero attached hydrogens (tertiary/aromatic N) is 2. The van der Waals surface area contributed by atoms with Gasteiger partial charge in [-0.2, -0.15) is 0 Å². The molecule has 100 valence electrons. The molecule has 1 N–H and O–H groups in total. The molecule has 4 heteroatoms. The molecule has 2 aromatic rings. The first-order chi connectivity index (χ1) is 9.16. The second kappa shape index (κ2) is 4.61. The summed E-state index contributed by atoms with van der Waals surface area (Å²) >= 11 is 0.